The molecule has 0 saturated carbocycles. The van der Waals surface area contributed by atoms with Crippen LogP contribution in [0.1, 0.15) is 5.82 Å². The van der Waals surface area contributed by atoms with Crippen LogP contribution in [0.4, 0.5) is 0 Å². The minimum atomic E-state index is -0.896. The SMILES string of the molecule is CS(C)(C)C#Cc1nc(Cl)nc(Cl)n1. The Balaban J connectivity index is 3.02. The predicted molar refractivity (Wildman–Crippen MR) is 62.1 cm³/mol. The van der Waals surface area contributed by atoms with E-state index < -0.39 is 10.0 Å². The molecule has 0 aromatic carbocycles. The van der Waals surface area contributed by atoms with Gasteiger partial charge in [-0.05, 0) is 53.1 Å². The molecule has 0 radical (unpaired) electrons. The molecule has 1 rings (SSSR count). The van der Waals surface area contributed by atoms with Crippen molar-refractivity contribution in [3.8, 4) is 11.2 Å². The first-order valence-electron chi connectivity index (χ1n) is 3.65. The van der Waals surface area contributed by atoms with E-state index in [-0.39, 0.29) is 10.6 Å². The molecular formula is C8H9Cl2N3S. The summed E-state index contributed by atoms with van der Waals surface area (Å²) in [6.45, 7) is 0. The van der Waals surface area contributed by atoms with Gasteiger partial charge in [0.25, 0.3) is 0 Å². The number of aromatic nitrogens is 3. The van der Waals surface area contributed by atoms with Gasteiger partial charge >= 0.3 is 0 Å². The first-order valence-corrected chi connectivity index (χ1v) is 7.26. The van der Waals surface area contributed by atoms with Crippen LogP contribution in [0.3, 0.4) is 0 Å². The molecule has 14 heavy (non-hydrogen) atoms. The zero-order chi connectivity index (χ0) is 10.8. The average molecular weight is 250 g/mol. The third kappa shape index (κ3) is 4.14. The Morgan fingerprint density at radius 2 is 1.50 bits per heavy atom. The smallest absolute Gasteiger partial charge is 0.190 e. The van der Waals surface area contributed by atoms with Crippen molar-refractivity contribution in [2.45, 2.75) is 0 Å². The lowest BCUT2D eigenvalue weighted by Crippen LogP contribution is -1.94. The topological polar surface area (TPSA) is 38.7 Å². The maximum absolute atomic E-state index is 5.59. The van der Waals surface area contributed by atoms with Crippen molar-refractivity contribution in [2.75, 3.05) is 18.8 Å². The standard InChI is InChI=1S/C8H9Cl2N3S/c1-14(2,3)5-4-6-11-7(9)13-8(10)12-6/h1-3H3. The molecule has 0 bridgehead atoms. The summed E-state index contributed by atoms with van der Waals surface area (Å²) in [6.07, 6.45) is 6.22. The quantitative estimate of drug-likeness (QED) is 0.662. The molecule has 6 heteroatoms. The van der Waals surface area contributed by atoms with Gasteiger partial charge in [0, 0.05) is 0 Å². The molecule has 0 aliphatic heterocycles. The van der Waals surface area contributed by atoms with E-state index in [9.17, 15) is 0 Å². The molecule has 0 saturated heterocycles. The summed E-state index contributed by atoms with van der Waals surface area (Å²) >= 11 is 11.2. The summed E-state index contributed by atoms with van der Waals surface area (Å²) in [5, 5.41) is 3.19. The summed E-state index contributed by atoms with van der Waals surface area (Å²) in [7, 11) is -0.896. The van der Waals surface area contributed by atoms with Crippen molar-refractivity contribution in [3.63, 3.8) is 0 Å². The first kappa shape index (κ1) is 11.6. The molecule has 0 N–H and O–H groups in total. The molecule has 0 unspecified atom stereocenters. The van der Waals surface area contributed by atoms with Gasteiger partial charge in [0.15, 0.2) is 0 Å². The van der Waals surface area contributed by atoms with Crippen LogP contribution in [0.2, 0.25) is 10.6 Å². The molecule has 1 aromatic heterocycles. The van der Waals surface area contributed by atoms with Gasteiger partial charge in [-0.15, -0.1) is 0 Å². The maximum atomic E-state index is 5.59. The zero-order valence-corrected chi connectivity index (χ0v) is 10.3. The number of rotatable bonds is 0. The molecule has 1 aromatic rings. The van der Waals surface area contributed by atoms with Gasteiger partial charge in [-0.2, -0.15) is 25.0 Å². The van der Waals surface area contributed by atoms with Crippen molar-refractivity contribution in [1.29, 1.82) is 0 Å². The minimum absolute atomic E-state index is 0.0678. The Bertz CT molecular complexity index is 383. The van der Waals surface area contributed by atoms with Gasteiger partial charge in [-0.1, -0.05) is 0 Å². The number of hydrogen-bond donors (Lipinski definition) is 0. The fraction of sp³-hybridized carbons (Fsp3) is 0.375. The lowest BCUT2D eigenvalue weighted by molar-refractivity contribution is 1.02. The Hall–Kier alpha value is -0.500. The molecule has 0 spiro atoms. The van der Waals surface area contributed by atoms with Gasteiger partial charge in [0.05, 0.1) is 0 Å². The van der Waals surface area contributed by atoms with Gasteiger partial charge in [-0.3, -0.25) is 0 Å². The van der Waals surface area contributed by atoms with Crippen molar-refractivity contribution in [3.05, 3.63) is 16.4 Å². The molecule has 3 nitrogen and oxygen atoms in total. The number of nitrogens with zero attached hydrogens (tertiary/aromatic N) is 3. The van der Waals surface area contributed by atoms with Crippen LogP contribution in [0.15, 0.2) is 0 Å². The highest BCUT2D eigenvalue weighted by Crippen LogP contribution is 2.32. The lowest BCUT2D eigenvalue weighted by Gasteiger charge is -2.14. The minimum Gasteiger partial charge on any atom is -0.190 e. The van der Waals surface area contributed by atoms with Gasteiger partial charge in [-0.25, -0.2) is 0 Å². The Morgan fingerprint density at radius 3 is 1.93 bits per heavy atom. The van der Waals surface area contributed by atoms with E-state index in [4.69, 9.17) is 23.2 Å². The predicted octanol–water partition coefficient (Wildman–Crippen LogP) is 2.18. The van der Waals surface area contributed by atoms with E-state index in [1.165, 1.54) is 0 Å². The van der Waals surface area contributed by atoms with Gasteiger partial charge in [0.1, 0.15) is 0 Å². The molecule has 0 fully saturated rings. The Kier molecular flexibility index (Phi) is 3.59. The van der Waals surface area contributed by atoms with Gasteiger partial charge < -0.3 is 0 Å². The van der Waals surface area contributed by atoms with Crippen LogP contribution in [0.25, 0.3) is 0 Å². The first-order chi connectivity index (χ1) is 6.37. The summed E-state index contributed by atoms with van der Waals surface area (Å²) in [5.41, 5.74) is 0. The van der Waals surface area contributed by atoms with E-state index in [0.717, 1.165) is 0 Å². The summed E-state index contributed by atoms with van der Waals surface area (Å²) in [6, 6.07) is 0. The lowest BCUT2D eigenvalue weighted by atomic mass is 10.6. The highest BCUT2D eigenvalue weighted by Gasteiger charge is 2.01. The second-order valence-corrected chi connectivity index (χ2v) is 7.82. The van der Waals surface area contributed by atoms with E-state index in [0.29, 0.717) is 5.82 Å². The fourth-order valence-electron chi connectivity index (χ4n) is 0.581. The third-order valence-electron chi connectivity index (χ3n) is 1.05. The van der Waals surface area contributed by atoms with E-state index in [1.54, 1.807) is 0 Å². The summed E-state index contributed by atoms with van der Waals surface area (Å²) in [4.78, 5) is 11.3. The van der Waals surface area contributed by atoms with E-state index in [2.05, 4.69) is 44.9 Å². The van der Waals surface area contributed by atoms with E-state index in [1.807, 2.05) is 0 Å². The molecule has 0 aliphatic carbocycles. The summed E-state index contributed by atoms with van der Waals surface area (Å²) < 4.78 is 0. The van der Waals surface area contributed by atoms with Crippen molar-refractivity contribution in [2.24, 2.45) is 0 Å². The van der Waals surface area contributed by atoms with Crippen molar-refractivity contribution in [1.82, 2.24) is 15.0 Å². The maximum Gasteiger partial charge on any atom is 0.227 e. The molecule has 0 aliphatic rings. The fourth-order valence-corrected chi connectivity index (χ4v) is 1.34. The molecule has 1 heterocycles. The molecular weight excluding hydrogens is 241 g/mol. The Labute approximate surface area is 94.6 Å². The highest BCUT2D eigenvalue weighted by molar-refractivity contribution is 8.35. The van der Waals surface area contributed by atoms with Crippen LogP contribution in [-0.2, 0) is 0 Å². The normalized spacial score (nSPS) is 11.8. The molecule has 0 atom stereocenters. The van der Waals surface area contributed by atoms with Crippen molar-refractivity contribution < 1.29 is 0 Å². The van der Waals surface area contributed by atoms with Crippen LogP contribution in [0.5, 0.6) is 0 Å². The second-order valence-electron chi connectivity index (χ2n) is 3.26. The van der Waals surface area contributed by atoms with Crippen LogP contribution in [-0.4, -0.2) is 33.7 Å². The highest BCUT2D eigenvalue weighted by atomic mass is 35.5. The van der Waals surface area contributed by atoms with Crippen molar-refractivity contribution >= 4 is 33.2 Å². The van der Waals surface area contributed by atoms with Crippen LogP contribution in [0, 0.1) is 11.2 Å². The molecule has 0 amide bonds. The number of halogens is 2. The summed E-state index contributed by atoms with van der Waals surface area (Å²) in [5.74, 6) is 3.14. The third-order valence-corrected chi connectivity index (χ3v) is 2.10. The van der Waals surface area contributed by atoms with Crippen LogP contribution < -0.4 is 0 Å². The van der Waals surface area contributed by atoms with Gasteiger partial charge in [0.2, 0.25) is 16.4 Å². The number of hydrogen-bond acceptors (Lipinski definition) is 3. The monoisotopic (exact) mass is 249 g/mol. The van der Waals surface area contributed by atoms with E-state index >= 15 is 0 Å². The molecule has 76 valence electrons. The zero-order valence-electron chi connectivity index (χ0n) is 8.01. The average Bonchev–Trinajstić information content (AvgIpc) is 1.97. The second kappa shape index (κ2) is 4.35. The Morgan fingerprint density at radius 1 is 1.00 bits per heavy atom. The van der Waals surface area contributed by atoms with Crippen LogP contribution >= 0.6 is 33.2 Å². The largest absolute Gasteiger partial charge is 0.227 e.